The van der Waals surface area contributed by atoms with Crippen molar-refractivity contribution in [3.8, 4) is 0 Å². The van der Waals surface area contributed by atoms with Crippen molar-refractivity contribution in [2.75, 3.05) is 26.2 Å². The average Bonchev–Trinajstić information content (AvgIpc) is 1.88. The van der Waals surface area contributed by atoms with Gasteiger partial charge in [-0.05, 0) is 26.9 Å². The largest absolute Gasteiger partial charge is 0.388 e. The predicted molar refractivity (Wildman–Crippen MR) is 46.8 cm³/mol. The van der Waals surface area contributed by atoms with Crippen LogP contribution in [0.1, 0.15) is 13.8 Å². The van der Waals surface area contributed by atoms with Gasteiger partial charge in [-0.1, -0.05) is 0 Å². The van der Waals surface area contributed by atoms with E-state index in [2.05, 4.69) is 22.6 Å². The smallest absolute Gasteiger partial charge is 0.321 e. The second-order valence-corrected chi connectivity index (χ2v) is 4.70. The molecule has 1 fully saturated rings. The number of piperazine rings is 1. The van der Waals surface area contributed by atoms with E-state index < -0.39 is 0 Å². The number of nitrogens with zero attached hydrogens (tertiary/aromatic N) is 2. The third kappa shape index (κ3) is 2.25. The van der Waals surface area contributed by atoms with Gasteiger partial charge < -0.3 is 3.88 Å². The molecule has 58 valence electrons. The van der Waals surface area contributed by atoms with E-state index in [0.717, 1.165) is 6.04 Å². The highest BCUT2D eigenvalue weighted by Crippen LogP contribution is 2.02. The fraction of sp³-hybridized carbons (Fsp3) is 1.00. The zero-order valence-corrected chi connectivity index (χ0v) is 9.30. The van der Waals surface area contributed by atoms with E-state index in [9.17, 15) is 0 Å². The monoisotopic (exact) mass is 156 g/mol. The summed E-state index contributed by atoms with van der Waals surface area (Å²) in [6.07, 6.45) is 0. The Bertz CT molecular complexity index is 97.8. The Morgan fingerprint density at radius 3 is 2.00 bits per heavy atom. The van der Waals surface area contributed by atoms with E-state index in [-0.39, 0.29) is 0 Å². The lowest BCUT2D eigenvalue weighted by Crippen LogP contribution is -2.47. The highest BCUT2D eigenvalue weighted by Gasteiger charge is 2.14. The number of hydrogen-bond acceptors (Lipinski definition) is 2. The Morgan fingerprint density at radius 1 is 1.10 bits per heavy atom. The van der Waals surface area contributed by atoms with Crippen LogP contribution >= 0.6 is 0 Å². The topological polar surface area (TPSA) is 6.48 Å². The summed E-state index contributed by atoms with van der Waals surface area (Å²) in [5.74, 6) is 0. The lowest BCUT2D eigenvalue weighted by Gasteiger charge is -2.35. The minimum absolute atomic E-state index is 0.746. The predicted octanol–water partition coefficient (Wildman–Crippen LogP) is -0.440. The van der Waals surface area contributed by atoms with Gasteiger partial charge in [0, 0.05) is 19.1 Å². The molecular weight excluding hydrogens is 139 g/mol. The molecule has 1 saturated heterocycles. The van der Waals surface area contributed by atoms with Gasteiger partial charge in [0.25, 0.3) is 0 Å². The van der Waals surface area contributed by atoms with Crippen molar-refractivity contribution in [3.63, 3.8) is 0 Å². The summed E-state index contributed by atoms with van der Waals surface area (Å²) in [5, 5.41) is 0. The van der Waals surface area contributed by atoms with Gasteiger partial charge in [0.05, 0.1) is 0 Å². The van der Waals surface area contributed by atoms with E-state index in [0.29, 0.717) is 0 Å². The molecule has 0 saturated carbocycles. The molecule has 0 N–H and O–H groups in total. The molecule has 1 rings (SSSR count). The lowest BCUT2D eigenvalue weighted by molar-refractivity contribution is 0.156. The first-order chi connectivity index (χ1) is 4.70. The van der Waals surface area contributed by atoms with Crippen LogP contribution in [-0.2, 0) is 0 Å². The summed E-state index contributed by atoms with van der Waals surface area (Å²) < 4.78 is 2.53. The summed E-state index contributed by atoms with van der Waals surface area (Å²) in [6.45, 7) is 9.71. The molecule has 0 spiro atoms. The zero-order valence-electron chi connectivity index (χ0n) is 7.30. The van der Waals surface area contributed by atoms with Crippen LogP contribution in [0.3, 0.4) is 0 Å². The Labute approximate surface area is 71.8 Å². The molecule has 10 heavy (non-hydrogen) atoms. The molecule has 0 aromatic heterocycles. The van der Waals surface area contributed by atoms with Gasteiger partial charge in [0.1, 0.15) is 0 Å². The molecule has 0 aromatic carbocycles. The Kier molecular flexibility index (Phi) is 3.19. The molecular formula is C7H17AlN2. The molecule has 0 bridgehead atoms. The van der Waals surface area contributed by atoms with Gasteiger partial charge in [-0.2, -0.15) is 0 Å². The maximum absolute atomic E-state index is 2.55. The quantitative estimate of drug-likeness (QED) is 0.475. The molecule has 0 aliphatic carbocycles. The first-order valence-electron chi connectivity index (χ1n) is 4.13. The Hall–Kier alpha value is 0.452. The number of rotatable bonds is 1. The third-order valence-corrected chi connectivity index (χ3v) is 3.16. The molecule has 1 heterocycles. The Morgan fingerprint density at radius 2 is 1.60 bits per heavy atom. The normalized spacial score (nSPS) is 23.9. The molecule has 0 atom stereocenters. The Balaban J connectivity index is 2.26. The maximum Gasteiger partial charge on any atom is 0.321 e. The van der Waals surface area contributed by atoms with Gasteiger partial charge in [0.2, 0.25) is 0 Å². The van der Waals surface area contributed by atoms with E-state index in [1.54, 1.807) is 0 Å². The molecule has 1 aliphatic rings. The second-order valence-electron chi connectivity index (χ2n) is 3.43. The van der Waals surface area contributed by atoms with Crippen molar-refractivity contribution >= 4 is 16.5 Å². The summed E-state index contributed by atoms with van der Waals surface area (Å²) in [6, 6.07) is 0.746. The van der Waals surface area contributed by atoms with Crippen molar-refractivity contribution in [3.05, 3.63) is 0 Å². The van der Waals surface area contributed by atoms with Crippen LogP contribution in [0.15, 0.2) is 0 Å². The fourth-order valence-electron chi connectivity index (χ4n) is 1.34. The van der Waals surface area contributed by atoms with Gasteiger partial charge in [-0.25, -0.2) is 0 Å². The number of hydrogen-bond donors (Lipinski definition) is 0. The summed E-state index contributed by atoms with van der Waals surface area (Å²) >= 11 is 1.24. The van der Waals surface area contributed by atoms with Crippen molar-refractivity contribution in [1.82, 2.24) is 8.78 Å². The molecule has 0 unspecified atom stereocenters. The van der Waals surface area contributed by atoms with E-state index in [1.807, 2.05) is 0 Å². The summed E-state index contributed by atoms with van der Waals surface area (Å²) in [5.41, 5.74) is 0. The standard InChI is InChI=1S/C7H15N2.Al.2H/c1-7(2)9-5-3-8-4-6-9;;;/h7H,3-6H2,1-2H3;;;/q-1;+1;;. The van der Waals surface area contributed by atoms with Crippen LogP contribution in [0.5, 0.6) is 0 Å². The first-order valence-corrected chi connectivity index (χ1v) is 5.02. The fourth-order valence-corrected chi connectivity index (χ4v) is 1.74. The van der Waals surface area contributed by atoms with Gasteiger partial charge in [-0.15, -0.1) is 0 Å². The minimum Gasteiger partial charge on any atom is -0.388 e. The van der Waals surface area contributed by atoms with E-state index >= 15 is 0 Å². The van der Waals surface area contributed by atoms with Crippen molar-refractivity contribution < 1.29 is 0 Å². The highest BCUT2D eigenvalue weighted by molar-refractivity contribution is 6.04. The van der Waals surface area contributed by atoms with E-state index in [4.69, 9.17) is 0 Å². The molecule has 0 radical (unpaired) electrons. The van der Waals surface area contributed by atoms with Crippen LogP contribution < -0.4 is 0 Å². The summed E-state index contributed by atoms with van der Waals surface area (Å²) in [7, 11) is 0. The summed E-state index contributed by atoms with van der Waals surface area (Å²) in [4.78, 5) is 2.55. The SMILES string of the molecule is CC(C)N1CC[N]([AlH2])CC1. The van der Waals surface area contributed by atoms with Crippen LogP contribution in [0, 0.1) is 0 Å². The van der Waals surface area contributed by atoms with Gasteiger partial charge >= 0.3 is 16.5 Å². The maximum atomic E-state index is 2.55. The van der Waals surface area contributed by atoms with Crippen molar-refractivity contribution in [2.24, 2.45) is 0 Å². The molecule has 0 aromatic rings. The molecule has 0 amide bonds. The molecule has 2 nitrogen and oxygen atoms in total. The molecule has 1 aliphatic heterocycles. The van der Waals surface area contributed by atoms with Crippen LogP contribution in [-0.4, -0.2) is 57.5 Å². The van der Waals surface area contributed by atoms with Crippen molar-refractivity contribution in [2.45, 2.75) is 19.9 Å². The van der Waals surface area contributed by atoms with Crippen LogP contribution in [0.25, 0.3) is 0 Å². The third-order valence-electron chi connectivity index (χ3n) is 2.27. The average molecular weight is 156 g/mol. The van der Waals surface area contributed by atoms with E-state index in [1.165, 1.54) is 42.7 Å². The van der Waals surface area contributed by atoms with Crippen LogP contribution in [0.4, 0.5) is 0 Å². The zero-order chi connectivity index (χ0) is 7.56. The van der Waals surface area contributed by atoms with Crippen molar-refractivity contribution in [1.29, 1.82) is 0 Å². The molecule has 3 heteroatoms. The van der Waals surface area contributed by atoms with Crippen LogP contribution in [0.2, 0.25) is 0 Å². The second kappa shape index (κ2) is 3.73. The van der Waals surface area contributed by atoms with Gasteiger partial charge in [-0.3, -0.25) is 4.90 Å². The first kappa shape index (κ1) is 8.55. The lowest BCUT2D eigenvalue weighted by atomic mass is 10.3. The van der Waals surface area contributed by atoms with Gasteiger partial charge in [0.15, 0.2) is 0 Å². The minimum atomic E-state index is 0.746. The highest BCUT2D eigenvalue weighted by atomic mass is 27.1.